The number of anilines is 4. The predicted octanol–water partition coefficient (Wildman–Crippen LogP) is 8.76. The number of nitrogens with two attached hydrogens (primary N) is 2. The highest BCUT2D eigenvalue weighted by molar-refractivity contribution is 6.42. The quantitative estimate of drug-likeness (QED) is 0.137. The fourth-order valence-electron chi connectivity index (χ4n) is 6.36. The van der Waals surface area contributed by atoms with Gasteiger partial charge in [-0.1, -0.05) is 71.7 Å². The molecule has 2 aliphatic heterocycles. The normalized spacial score (nSPS) is 13.6. The highest BCUT2D eigenvalue weighted by Gasteiger charge is 2.39. The van der Waals surface area contributed by atoms with Gasteiger partial charge in [0.15, 0.2) is 0 Å². The predicted molar refractivity (Wildman–Crippen MR) is 197 cm³/mol. The molecule has 0 bridgehead atoms. The number of hydrogen-bond acceptors (Lipinski definition) is 6. The summed E-state index contributed by atoms with van der Waals surface area (Å²) in [6, 6.07) is 34.6. The Hall–Kier alpha value is -6.22. The summed E-state index contributed by atoms with van der Waals surface area (Å²) in [4.78, 5) is 56.0. The van der Waals surface area contributed by atoms with E-state index in [1.807, 2.05) is 24.3 Å². The number of benzene rings is 6. The molecular weight excluding hydrogens is 671 g/mol. The number of imide groups is 2. The second-order valence-electron chi connectivity index (χ2n) is 12.0. The molecule has 50 heavy (non-hydrogen) atoms. The van der Waals surface area contributed by atoms with Gasteiger partial charge in [-0.15, -0.1) is 0 Å². The lowest BCUT2D eigenvalue weighted by molar-refractivity contribution is 0.0910. The van der Waals surface area contributed by atoms with Crippen molar-refractivity contribution in [3.05, 3.63) is 154 Å². The summed E-state index contributed by atoms with van der Waals surface area (Å²) >= 11 is 13.5. The van der Waals surface area contributed by atoms with Crippen LogP contribution in [0.3, 0.4) is 0 Å². The first-order valence-electron chi connectivity index (χ1n) is 15.5. The third kappa shape index (κ3) is 5.01. The molecule has 0 spiro atoms. The maximum absolute atomic E-state index is 13.6. The number of carbonyl (C=O) groups is 4. The zero-order valence-corrected chi connectivity index (χ0v) is 27.5. The minimum atomic E-state index is -0.515. The van der Waals surface area contributed by atoms with Crippen molar-refractivity contribution in [3.8, 4) is 33.4 Å². The van der Waals surface area contributed by atoms with Crippen molar-refractivity contribution in [1.82, 2.24) is 0 Å². The Bertz CT molecular complexity index is 2440. The van der Waals surface area contributed by atoms with E-state index in [4.69, 9.17) is 34.7 Å². The van der Waals surface area contributed by atoms with Gasteiger partial charge in [0.25, 0.3) is 23.6 Å². The standard InChI is InChI=1S/C40H24Cl2N4O4/c41-34-20-36(46-38(48)30-16-8-25(18-33(30)40(46)50)22-3-11-27(44)12-4-22)35(42)19-31(34)23-5-13-28(14-6-23)45-37(47)29-15-7-24(17-32(29)39(45)49)21-1-9-26(43)10-2-21/h1-20H,43-44H2. The molecule has 0 atom stereocenters. The molecule has 4 amide bonds. The molecule has 8 rings (SSSR count). The van der Waals surface area contributed by atoms with Gasteiger partial charge in [-0.05, 0) is 101 Å². The molecular formula is C40H24Cl2N4O4. The van der Waals surface area contributed by atoms with E-state index in [0.717, 1.165) is 32.1 Å². The van der Waals surface area contributed by atoms with E-state index in [1.54, 1.807) is 91.0 Å². The second kappa shape index (κ2) is 11.7. The van der Waals surface area contributed by atoms with E-state index >= 15 is 0 Å². The number of nitrogens with zero attached hydrogens (tertiary/aromatic N) is 2. The Morgan fingerprint density at radius 3 is 1.32 bits per heavy atom. The number of rotatable bonds is 5. The first-order chi connectivity index (χ1) is 24.1. The van der Waals surface area contributed by atoms with Crippen LogP contribution in [-0.2, 0) is 0 Å². The Morgan fingerprint density at radius 2 is 0.800 bits per heavy atom. The van der Waals surface area contributed by atoms with E-state index in [-0.39, 0.29) is 26.9 Å². The van der Waals surface area contributed by atoms with Crippen molar-refractivity contribution >= 4 is 69.6 Å². The Balaban J connectivity index is 1.05. The van der Waals surface area contributed by atoms with Crippen LogP contribution in [0.25, 0.3) is 33.4 Å². The van der Waals surface area contributed by atoms with Crippen LogP contribution >= 0.6 is 23.2 Å². The van der Waals surface area contributed by atoms with Gasteiger partial charge in [0, 0.05) is 16.9 Å². The van der Waals surface area contributed by atoms with Gasteiger partial charge in [0.1, 0.15) is 0 Å². The molecule has 2 heterocycles. The third-order valence-corrected chi connectivity index (χ3v) is 9.59. The number of fused-ring (bicyclic) bond motifs is 2. The van der Waals surface area contributed by atoms with Crippen LogP contribution in [0.15, 0.2) is 121 Å². The van der Waals surface area contributed by atoms with Crippen LogP contribution in [0.4, 0.5) is 22.7 Å². The van der Waals surface area contributed by atoms with Gasteiger partial charge in [-0.2, -0.15) is 0 Å². The highest BCUT2D eigenvalue weighted by Crippen LogP contribution is 2.41. The van der Waals surface area contributed by atoms with Gasteiger partial charge in [0.05, 0.1) is 43.7 Å². The average molecular weight is 696 g/mol. The smallest absolute Gasteiger partial charge is 0.266 e. The molecule has 0 saturated carbocycles. The first-order valence-corrected chi connectivity index (χ1v) is 16.2. The lowest BCUT2D eigenvalue weighted by Crippen LogP contribution is -2.29. The topological polar surface area (TPSA) is 127 Å². The molecule has 0 unspecified atom stereocenters. The summed E-state index contributed by atoms with van der Waals surface area (Å²) in [5.74, 6) is -1.88. The minimum absolute atomic E-state index is 0.138. The van der Waals surface area contributed by atoms with Gasteiger partial charge in [-0.3, -0.25) is 19.2 Å². The SMILES string of the molecule is Nc1ccc(-c2ccc3c(c2)C(=O)N(c2ccc(-c4cc(Cl)c(N5C(=O)c6ccc(-c7ccc(N)cc7)cc6C5=O)cc4Cl)cc2)C3=O)cc1. The largest absolute Gasteiger partial charge is 0.399 e. The summed E-state index contributed by atoms with van der Waals surface area (Å²) < 4.78 is 0. The maximum Gasteiger partial charge on any atom is 0.266 e. The van der Waals surface area contributed by atoms with E-state index < -0.39 is 23.6 Å². The molecule has 0 saturated heterocycles. The lowest BCUT2D eigenvalue weighted by Gasteiger charge is -2.18. The number of nitrogen functional groups attached to an aromatic ring is 2. The van der Waals surface area contributed by atoms with Crippen molar-refractivity contribution in [2.75, 3.05) is 21.3 Å². The molecule has 8 nitrogen and oxygen atoms in total. The molecule has 0 fully saturated rings. The van der Waals surface area contributed by atoms with Crippen molar-refractivity contribution in [1.29, 1.82) is 0 Å². The van der Waals surface area contributed by atoms with E-state index in [1.165, 1.54) is 6.07 Å². The number of hydrogen-bond donors (Lipinski definition) is 2. The van der Waals surface area contributed by atoms with Gasteiger partial charge >= 0.3 is 0 Å². The van der Waals surface area contributed by atoms with Crippen LogP contribution in [0, 0.1) is 0 Å². The Kier molecular flexibility index (Phi) is 7.29. The van der Waals surface area contributed by atoms with Crippen molar-refractivity contribution in [3.63, 3.8) is 0 Å². The summed E-state index contributed by atoms with van der Waals surface area (Å²) in [5, 5.41) is 0.381. The van der Waals surface area contributed by atoms with Crippen LogP contribution in [-0.4, -0.2) is 23.6 Å². The summed E-state index contributed by atoms with van der Waals surface area (Å²) in [6.45, 7) is 0. The molecule has 0 aromatic heterocycles. The van der Waals surface area contributed by atoms with Crippen molar-refractivity contribution in [2.24, 2.45) is 0 Å². The van der Waals surface area contributed by atoms with Crippen molar-refractivity contribution < 1.29 is 19.2 Å². The second-order valence-corrected chi connectivity index (χ2v) is 12.8. The zero-order valence-electron chi connectivity index (χ0n) is 26.0. The zero-order chi connectivity index (χ0) is 34.8. The van der Waals surface area contributed by atoms with Crippen LogP contribution < -0.4 is 21.3 Å². The van der Waals surface area contributed by atoms with Gasteiger partial charge < -0.3 is 11.5 Å². The first kappa shape index (κ1) is 31.1. The molecule has 2 aliphatic rings. The van der Waals surface area contributed by atoms with Crippen LogP contribution in [0.5, 0.6) is 0 Å². The molecule has 10 heteroatoms. The van der Waals surface area contributed by atoms with E-state index in [0.29, 0.717) is 39.3 Å². The third-order valence-electron chi connectivity index (χ3n) is 8.98. The number of amides is 4. The minimum Gasteiger partial charge on any atom is -0.399 e. The fourth-order valence-corrected chi connectivity index (χ4v) is 6.88. The Labute approximate surface area is 296 Å². The van der Waals surface area contributed by atoms with Crippen LogP contribution in [0.2, 0.25) is 10.0 Å². The number of halogens is 2. The molecule has 0 radical (unpaired) electrons. The van der Waals surface area contributed by atoms with E-state index in [9.17, 15) is 19.2 Å². The van der Waals surface area contributed by atoms with Gasteiger partial charge in [0.2, 0.25) is 0 Å². The monoisotopic (exact) mass is 694 g/mol. The highest BCUT2D eigenvalue weighted by atomic mass is 35.5. The number of carbonyl (C=O) groups excluding carboxylic acids is 4. The molecule has 0 aliphatic carbocycles. The molecule has 242 valence electrons. The van der Waals surface area contributed by atoms with E-state index in [2.05, 4.69) is 0 Å². The summed E-state index contributed by atoms with van der Waals surface area (Å²) in [5.41, 5.74) is 19.0. The average Bonchev–Trinajstić information content (AvgIpc) is 3.52. The maximum atomic E-state index is 13.6. The van der Waals surface area contributed by atoms with Gasteiger partial charge in [-0.25, -0.2) is 9.80 Å². The summed E-state index contributed by atoms with van der Waals surface area (Å²) in [7, 11) is 0. The lowest BCUT2D eigenvalue weighted by atomic mass is 10.00. The molecule has 6 aromatic carbocycles. The molecule has 6 aromatic rings. The summed E-state index contributed by atoms with van der Waals surface area (Å²) in [6.07, 6.45) is 0. The van der Waals surface area contributed by atoms with Crippen molar-refractivity contribution in [2.45, 2.75) is 0 Å². The van der Waals surface area contributed by atoms with Crippen LogP contribution in [0.1, 0.15) is 41.4 Å². The Morgan fingerprint density at radius 1 is 0.380 bits per heavy atom. The molecule has 4 N–H and O–H groups in total. The fraction of sp³-hybridized carbons (Fsp3) is 0.